The molecule has 3 atom stereocenters. The minimum atomic E-state index is -0.628. The van der Waals surface area contributed by atoms with Crippen LogP contribution in [0.4, 0.5) is 0 Å². The van der Waals surface area contributed by atoms with Crippen molar-refractivity contribution in [3.05, 3.63) is 24.0 Å². The van der Waals surface area contributed by atoms with Crippen LogP contribution in [-0.2, 0) is 19.1 Å². The topological polar surface area (TPSA) is 108 Å². The van der Waals surface area contributed by atoms with E-state index in [0.29, 0.717) is 24.3 Å². The first-order chi connectivity index (χ1) is 11.3. The van der Waals surface area contributed by atoms with Gasteiger partial charge in [-0.3, -0.25) is 9.59 Å². The van der Waals surface area contributed by atoms with Crippen LogP contribution in [0.1, 0.15) is 33.6 Å². The Balaban J connectivity index is 2.01. The second-order valence-electron chi connectivity index (χ2n) is 6.65. The molecule has 0 spiro atoms. The summed E-state index contributed by atoms with van der Waals surface area (Å²) in [5.41, 5.74) is 11.6. The lowest BCUT2D eigenvalue weighted by Gasteiger charge is -2.17. The zero-order chi connectivity index (χ0) is 17.9. The van der Waals surface area contributed by atoms with E-state index in [1.165, 1.54) is 0 Å². The van der Waals surface area contributed by atoms with Gasteiger partial charge in [-0.15, -0.1) is 4.58 Å². The van der Waals surface area contributed by atoms with Gasteiger partial charge in [0.05, 0.1) is 12.0 Å². The lowest BCUT2D eigenvalue weighted by atomic mass is 10.0. The third-order valence-electron chi connectivity index (χ3n) is 4.30. The monoisotopic (exact) mass is 336 g/mol. The van der Waals surface area contributed by atoms with Crippen LogP contribution in [0.2, 0.25) is 0 Å². The van der Waals surface area contributed by atoms with Crippen molar-refractivity contribution in [2.24, 2.45) is 23.3 Å². The molecule has 0 radical (unpaired) electrons. The van der Waals surface area contributed by atoms with Crippen LogP contribution in [0, 0.1) is 11.8 Å². The van der Waals surface area contributed by atoms with Gasteiger partial charge < -0.3 is 20.9 Å². The van der Waals surface area contributed by atoms with Gasteiger partial charge in [0.15, 0.2) is 12.4 Å². The Morgan fingerprint density at radius 3 is 2.79 bits per heavy atom. The molecule has 1 amide bonds. The summed E-state index contributed by atoms with van der Waals surface area (Å²) in [6, 6.07) is -0.628. The van der Waals surface area contributed by atoms with Gasteiger partial charge in [-0.05, 0) is 12.0 Å². The molecule has 1 saturated heterocycles. The first-order valence-electron chi connectivity index (χ1n) is 8.19. The molecular formula is C17H26N3O4+. The number of esters is 1. The summed E-state index contributed by atoms with van der Waals surface area (Å²) in [5, 5.41) is 0. The number of nitrogens with two attached hydrogens (primary N) is 2. The molecule has 2 heterocycles. The van der Waals surface area contributed by atoms with Crippen LogP contribution in [0.5, 0.6) is 0 Å². The van der Waals surface area contributed by atoms with Gasteiger partial charge in [0.1, 0.15) is 18.8 Å². The Hall–Kier alpha value is -2.15. The lowest BCUT2D eigenvalue weighted by Crippen LogP contribution is -2.38. The van der Waals surface area contributed by atoms with Crippen LogP contribution >= 0.6 is 0 Å². The molecule has 0 unspecified atom stereocenters. The molecule has 24 heavy (non-hydrogen) atoms. The molecule has 1 fully saturated rings. The fourth-order valence-electron chi connectivity index (χ4n) is 2.52. The van der Waals surface area contributed by atoms with Crippen LogP contribution < -0.4 is 11.5 Å². The van der Waals surface area contributed by atoms with E-state index < -0.39 is 17.9 Å². The fourth-order valence-corrected chi connectivity index (χ4v) is 2.52. The smallest absolute Gasteiger partial charge is 0.347 e. The first-order valence-corrected chi connectivity index (χ1v) is 8.19. The average molecular weight is 336 g/mol. The maximum Gasteiger partial charge on any atom is 0.347 e. The number of carbonyl (C=O) groups is 2. The zero-order valence-corrected chi connectivity index (χ0v) is 14.4. The molecule has 7 heteroatoms. The highest BCUT2D eigenvalue weighted by Gasteiger charge is 2.37. The summed E-state index contributed by atoms with van der Waals surface area (Å²) in [5.74, 6) is 0.0693. The third-order valence-corrected chi connectivity index (χ3v) is 4.30. The molecule has 0 aromatic carbocycles. The minimum Gasteiger partial charge on any atom is -0.461 e. The second kappa shape index (κ2) is 7.61. The molecule has 0 aromatic heterocycles. The number of amides is 1. The molecule has 0 saturated carbocycles. The number of ether oxygens (including phenoxy) is 2. The van der Waals surface area contributed by atoms with E-state index in [1.54, 1.807) is 10.8 Å². The SMILES string of the molecule is CC(C)[C@H](N)C(=O)OC[C@H]1OC(=[N+]2C=CCC(C(N)=O)=C2)C[C@@H]1C. The van der Waals surface area contributed by atoms with E-state index in [4.69, 9.17) is 20.9 Å². The Morgan fingerprint density at radius 1 is 1.46 bits per heavy atom. The predicted octanol–water partition coefficient (Wildman–Crippen LogP) is 0.636. The van der Waals surface area contributed by atoms with Crippen molar-refractivity contribution < 1.29 is 23.6 Å². The van der Waals surface area contributed by atoms with Crippen molar-refractivity contribution in [1.82, 2.24) is 0 Å². The second-order valence-corrected chi connectivity index (χ2v) is 6.65. The Kier molecular flexibility index (Phi) is 5.77. The van der Waals surface area contributed by atoms with Crippen molar-refractivity contribution in [2.75, 3.05) is 6.61 Å². The molecule has 4 N–H and O–H groups in total. The number of allylic oxidation sites excluding steroid dienone is 1. The van der Waals surface area contributed by atoms with E-state index in [2.05, 4.69) is 0 Å². The molecule has 0 aliphatic carbocycles. The van der Waals surface area contributed by atoms with E-state index in [9.17, 15) is 9.59 Å². The standard InChI is InChI=1S/C17H25N3O4/c1-10(2)15(18)17(22)23-9-13-11(3)7-14(24-13)20-6-4-5-12(8-20)16(19)21/h4,6,8,10-11,13,15H,5,7,9,18H2,1-3H3,(H-,19,21)/p+1/t11-,13+,15-/m0/s1. The fraction of sp³-hybridized carbons (Fsp3) is 0.588. The summed E-state index contributed by atoms with van der Waals surface area (Å²) in [6.45, 7) is 5.93. The molecular weight excluding hydrogens is 310 g/mol. The van der Waals surface area contributed by atoms with Crippen molar-refractivity contribution >= 4 is 17.8 Å². The molecule has 7 nitrogen and oxygen atoms in total. The van der Waals surface area contributed by atoms with Crippen molar-refractivity contribution in [3.8, 4) is 0 Å². The molecule has 2 rings (SSSR count). The highest BCUT2D eigenvalue weighted by atomic mass is 16.6. The molecule has 0 aromatic rings. The molecule has 2 aliphatic rings. The highest BCUT2D eigenvalue weighted by Crippen LogP contribution is 2.24. The summed E-state index contributed by atoms with van der Waals surface area (Å²) in [7, 11) is 0. The van der Waals surface area contributed by atoms with Gasteiger partial charge >= 0.3 is 11.9 Å². The molecule has 2 aliphatic heterocycles. The van der Waals surface area contributed by atoms with Crippen LogP contribution in [0.15, 0.2) is 24.0 Å². The van der Waals surface area contributed by atoms with Crippen molar-refractivity contribution in [2.45, 2.75) is 45.8 Å². The van der Waals surface area contributed by atoms with Crippen LogP contribution in [0.3, 0.4) is 0 Å². The van der Waals surface area contributed by atoms with Gasteiger partial charge in [-0.2, -0.15) is 0 Å². The minimum absolute atomic E-state index is 0.0254. The van der Waals surface area contributed by atoms with E-state index >= 15 is 0 Å². The first kappa shape index (κ1) is 18.2. The summed E-state index contributed by atoms with van der Waals surface area (Å²) in [4.78, 5) is 23.2. The number of rotatable bonds is 5. The van der Waals surface area contributed by atoms with Crippen LogP contribution in [0.25, 0.3) is 0 Å². The quantitative estimate of drug-likeness (QED) is 0.566. The molecule has 0 bridgehead atoms. The Bertz CT molecular complexity index is 607. The lowest BCUT2D eigenvalue weighted by molar-refractivity contribution is -0.394. The number of nitrogens with zero attached hydrogens (tertiary/aromatic N) is 1. The number of primary amides is 1. The van der Waals surface area contributed by atoms with Crippen molar-refractivity contribution in [3.63, 3.8) is 0 Å². The predicted molar refractivity (Wildman–Crippen MR) is 88.7 cm³/mol. The number of hydrogen-bond acceptors (Lipinski definition) is 5. The largest absolute Gasteiger partial charge is 0.461 e. The van der Waals surface area contributed by atoms with E-state index in [-0.39, 0.29) is 24.5 Å². The maximum absolute atomic E-state index is 11.9. The van der Waals surface area contributed by atoms with Gasteiger partial charge in [0.2, 0.25) is 0 Å². The van der Waals surface area contributed by atoms with Gasteiger partial charge in [0.25, 0.3) is 5.91 Å². The number of hydrogen-bond donors (Lipinski definition) is 2. The van der Waals surface area contributed by atoms with E-state index in [0.717, 1.165) is 0 Å². The summed E-state index contributed by atoms with van der Waals surface area (Å²) < 4.78 is 13.0. The third kappa shape index (κ3) is 4.23. The summed E-state index contributed by atoms with van der Waals surface area (Å²) in [6.07, 6.45) is 6.36. The van der Waals surface area contributed by atoms with Crippen LogP contribution in [-0.4, -0.2) is 41.1 Å². The van der Waals surface area contributed by atoms with Gasteiger partial charge in [-0.1, -0.05) is 20.8 Å². The normalized spacial score (nSPS) is 27.6. The summed E-state index contributed by atoms with van der Waals surface area (Å²) >= 11 is 0. The van der Waals surface area contributed by atoms with Gasteiger partial charge in [-0.25, -0.2) is 0 Å². The highest BCUT2D eigenvalue weighted by molar-refractivity contribution is 5.92. The Labute approximate surface area is 142 Å². The van der Waals surface area contributed by atoms with Gasteiger partial charge in [0, 0.05) is 12.3 Å². The molecule has 132 valence electrons. The zero-order valence-electron chi connectivity index (χ0n) is 14.4. The Morgan fingerprint density at radius 2 is 2.17 bits per heavy atom. The van der Waals surface area contributed by atoms with E-state index in [1.807, 2.05) is 33.0 Å². The van der Waals surface area contributed by atoms with Crippen molar-refractivity contribution in [1.29, 1.82) is 0 Å². The maximum atomic E-state index is 11.9. The number of carbonyl (C=O) groups excluding carboxylic acids is 2. The average Bonchev–Trinajstić information content (AvgIpc) is 2.92.